The summed E-state index contributed by atoms with van der Waals surface area (Å²) in [6.45, 7) is 10.9. The van der Waals surface area contributed by atoms with Gasteiger partial charge in [0.05, 0.1) is 0 Å². The lowest BCUT2D eigenvalue weighted by molar-refractivity contribution is 0.295. The van der Waals surface area contributed by atoms with Gasteiger partial charge >= 0.3 is 0 Å². The van der Waals surface area contributed by atoms with Crippen molar-refractivity contribution in [1.29, 1.82) is 0 Å². The van der Waals surface area contributed by atoms with Gasteiger partial charge in [0.25, 0.3) is 0 Å². The second kappa shape index (κ2) is 9.05. The topological polar surface area (TPSA) is 15.3 Å². The fourth-order valence-electron chi connectivity index (χ4n) is 2.31. The van der Waals surface area contributed by atoms with Gasteiger partial charge in [0.2, 0.25) is 0 Å². The molecule has 19 heavy (non-hydrogen) atoms. The van der Waals surface area contributed by atoms with Crippen LogP contribution >= 0.6 is 0 Å². The first-order valence-corrected chi connectivity index (χ1v) is 7.42. The summed E-state index contributed by atoms with van der Waals surface area (Å²) < 4.78 is 12.9. The highest BCUT2D eigenvalue weighted by molar-refractivity contribution is 5.19. The minimum absolute atomic E-state index is 0.167. The second-order valence-corrected chi connectivity index (χ2v) is 4.85. The number of nitrogens with zero attached hydrogens (tertiary/aromatic N) is 1. The fourth-order valence-corrected chi connectivity index (χ4v) is 2.31. The first-order valence-electron chi connectivity index (χ1n) is 7.42. The number of hydrogen-bond acceptors (Lipinski definition) is 2. The Labute approximate surface area is 117 Å². The van der Waals surface area contributed by atoms with Crippen molar-refractivity contribution in [2.75, 3.05) is 26.2 Å². The van der Waals surface area contributed by atoms with E-state index in [1.165, 1.54) is 17.7 Å². The largest absolute Gasteiger partial charge is 0.310 e. The molecule has 0 aromatic heterocycles. The van der Waals surface area contributed by atoms with Crippen LogP contribution < -0.4 is 5.32 Å². The molecule has 0 saturated heterocycles. The molecule has 0 aliphatic heterocycles. The molecule has 2 nitrogen and oxygen atoms in total. The maximum atomic E-state index is 12.9. The minimum atomic E-state index is -0.167. The van der Waals surface area contributed by atoms with E-state index in [1.807, 2.05) is 12.1 Å². The summed E-state index contributed by atoms with van der Waals surface area (Å²) in [6.07, 6.45) is 2.18. The van der Waals surface area contributed by atoms with Gasteiger partial charge in [-0.2, -0.15) is 0 Å². The molecule has 1 aromatic carbocycles. The zero-order valence-electron chi connectivity index (χ0n) is 12.5. The van der Waals surface area contributed by atoms with Crippen molar-refractivity contribution in [3.05, 3.63) is 35.6 Å². The van der Waals surface area contributed by atoms with Crippen molar-refractivity contribution in [1.82, 2.24) is 10.2 Å². The Bertz CT molecular complexity index is 333. The van der Waals surface area contributed by atoms with Crippen LogP contribution in [0.4, 0.5) is 4.39 Å². The summed E-state index contributed by atoms with van der Waals surface area (Å²) in [5.74, 6) is -0.167. The average molecular weight is 266 g/mol. The third-order valence-corrected chi connectivity index (χ3v) is 3.62. The fraction of sp³-hybridized carbons (Fsp3) is 0.625. The Kier molecular flexibility index (Phi) is 7.68. The van der Waals surface area contributed by atoms with Crippen LogP contribution in [0.3, 0.4) is 0 Å². The van der Waals surface area contributed by atoms with E-state index in [-0.39, 0.29) is 5.82 Å². The predicted octanol–water partition coefficient (Wildman–Crippen LogP) is 3.60. The summed E-state index contributed by atoms with van der Waals surface area (Å²) in [6, 6.07) is 7.16. The highest BCUT2D eigenvalue weighted by Gasteiger charge is 2.08. The molecule has 0 heterocycles. The first kappa shape index (κ1) is 16.1. The SMILES string of the molecule is CCC(NCCCN(CC)CC)c1ccc(F)cc1. The van der Waals surface area contributed by atoms with E-state index in [4.69, 9.17) is 0 Å². The molecule has 0 bridgehead atoms. The normalized spacial score (nSPS) is 12.9. The molecule has 0 radical (unpaired) electrons. The zero-order valence-corrected chi connectivity index (χ0v) is 12.5. The highest BCUT2D eigenvalue weighted by Crippen LogP contribution is 2.16. The molecule has 0 fully saturated rings. The number of halogens is 1. The third-order valence-electron chi connectivity index (χ3n) is 3.62. The van der Waals surface area contributed by atoms with Crippen molar-refractivity contribution in [3.63, 3.8) is 0 Å². The molecular weight excluding hydrogens is 239 g/mol. The van der Waals surface area contributed by atoms with Crippen LogP contribution in [0.5, 0.6) is 0 Å². The van der Waals surface area contributed by atoms with Crippen LogP contribution in [0.15, 0.2) is 24.3 Å². The van der Waals surface area contributed by atoms with E-state index in [0.717, 1.165) is 39.0 Å². The van der Waals surface area contributed by atoms with Crippen molar-refractivity contribution < 1.29 is 4.39 Å². The molecule has 0 aliphatic rings. The number of nitrogens with one attached hydrogen (secondary N) is 1. The van der Waals surface area contributed by atoms with E-state index in [9.17, 15) is 4.39 Å². The first-order chi connectivity index (χ1) is 9.21. The van der Waals surface area contributed by atoms with Gasteiger partial charge in [0, 0.05) is 6.04 Å². The van der Waals surface area contributed by atoms with Crippen LogP contribution in [-0.4, -0.2) is 31.1 Å². The predicted molar refractivity (Wildman–Crippen MR) is 79.8 cm³/mol. The maximum absolute atomic E-state index is 12.9. The zero-order chi connectivity index (χ0) is 14.1. The Morgan fingerprint density at radius 1 is 1.11 bits per heavy atom. The second-order valence-electron chi connectivity index (χ2n) is 4.85. The van der Waals surface area contributed by atoms with Crippen molar-refractivity contribution in [3.8, 4) is 0 Å². The molecule has 0 aliphatic carbocycles. The lowest BCUT2D eigenvalue weighted by atomic mass is 10.0. The summed E-state index contributed by atoms with van der Waals surface area (Å²) in [5.41, 5.74) is 1.17. The van der Waals surface area contributed by atoms with Crippen LogP contribution in [0.2, 0.25) is 0 Å². The van der Waals surface area contributed by atoms with Crippen LogP contribution in [0.1, 0.15) is 45.2 Å². The van der Waals surface area contributed by atoms with E-state index < -0.39 is 0 Å². The number of benzene rings is 1. The summed E-state index contributed by atoms with van der Waals surface area (Å²) >= 11 is 0. The highest BCUT2D eigenvalue weighted by atomic mass is 19.1. The summed E-state index contributed by atoms with van der Waals surface area (Å²) in [7, 11) is 0. The molecule has 3 heteroatoms. The molecule has 1 rings (SSSR count). The Morgan fingerprint density at radius 2 is 1.74 bits per heavy atom. The molecule has 0 spiro atoms. The molecule has 0 saturated carbocycles. The molecule has 1 unspecified atom stereocenters. The van der Waals surface area contributed by atoms with Gasteiger partial charge < -0.3 is 10.2 Å². The summed E-state index contributed by atoms with van der Waals surface area (Å²) in [5, 5.41) is 3.56. The van der Waals surface area contributed by atoms with E-state index >= 15 is 0 Å². The Balaban J connectivity index is 2.35. The van der Waals surface area contributed by atoms with Gasteiger partial charge in [-0.3, -0.25) is 0 Å². The third kappa shape index (κ3) is 5.70. The molecule has 1 aromatic rings. The molecular formula is C16H27FN2. The Hall–Kier alpha value is -0.930. The van der Waals surface area contributed by atoms with Gasteiger partial charge in [-0.25, -0.2) is 4.39 Å². The standard InChI is InChI=1S/C16H27FN2/c1-4-16(14-8-10-15(17)11-9-14)18-12-7-13-19(5-2)6-3/h8-11,16,18H,4-7,12-13H2,1-3H3. The molecule has 1 N–H and O–H groups in total. The van der Waals surface area contributed by atoms with Crippen LogP contribution in [-0.2, 0) is 0 Å². The summed E-state index contributed by atoms with van der Waals surface area (Å²) in [4.78, 5) is 2.43. The van der Waals surface area contributed by atoms with Crippen LogP contribution in [0, 0.1) is 5.82 Å². The van der Waals surface area contributed by atoms with Crippen LogP contribution in [0.25, 0.3) is 0 Å². The van der Waals surface area contributed by atoms with E-state index in [2.05, 4.69) is 31.0 Å². The number of rotatable bonds is 9. The average Bonchev–Trinajstić information content (AvgIpc) is 2.44. The maximum Gasteiger partial charge on any atom is 0.123 e. The molecule has 0 amide bonds. The van der Waals surface area contributed by atoms with Gasteiger partial charge in [-0.15, -0.1) is 0 Å². The Morgan fingerprint density at radius 3 is 2.26 bits per heavy atom. The van der Waals surface area contributed by atoms with Gasteiger partial charge in [0.15, 0.2) is 0 Å². The molecule has 1 atom stereocenters. The van der Waals surface area contributed by atoms with Crippen molar-refractivity contribution in [2.45, 2.75) is 39.7 Å². The van der Waals surface area contributed by atoms with Gasteiger partial charge in [0.1, 0.15) is 5.82 Å². The minimum Gasteiger partial charge on any atom is -0.310 e. The smallest absolute Gasteiger partial charge is 0.123 e. The molecule has 108 valence electrons. The van der Waals surface area contributed by atoms with Crippen molar-refractivity contribution >= 4 is 0 Å². The lowest BCUT2D eigenvalue weighted by Crippen LogP contribution is -2.28. The quantitative estimate of drug-likeness (QED) is 0.687. The van der Waals surface area contributed by atoms with Gasteiger partial charge in [-0.05, 0) is 56.7 Å². The van der Waals surface area contributed by atoms with Gasteiger partial charge in [-0.1, -0.05) is 32.9 Å². The lowest BCUT2D eigenvalue weighted by Gasteiger charge is -2.20. The monoisotopic (exact) mass is 266 g/mol. The van der Waals surface area contributed by atoms with E-state index in [1.54, 1.807) is 0 Å². The van der Waals surface area contributed by atoms with E-state index in [0.29, 0.717) is 6.04 Å². The number of hydrogen-bond donors (Lipinski definition) is 1. The van der Waals surface area contributed by atoms with Crippen molar-refractivity contribution in [2.24, 2.45) is 0 Å².